The number of carboxylic acid groups (broad SMARTS) is 1. The zero-order valence-corrected chi connectivity index (χ0v) is 11.9. The van der Waals surface area contributed by atoms with E-state index in [0.29, 0.717) is 6.54 Å². The zero-order chi connectivity index (χ0) is 13.8. The van der Waals surface area contributed by atoms with Crippen molar-refractivity contribution >= 4 is 23.0 Å². The molecule has 0 fully saturated rings. The second-order valence-electron chi connectivity index (χ2n) is 4.52. The molecule has 0 aliphatic heterocycles. The molecule has 1 aromatic heterocycles. The minimum absolute atomic E-state index is 0.0122. The number of aliphatic carboxylic acids is 1. The number of carbonyl (C=O) groups is 1. The molecule has 1 aromatic carbocycles. The minimum Gasteiger partial charge on any atom is -0.480 e. The lowest BCUT2D eigenvalue weighted by Gasteiger charge is -2.22. The fraction of sp³-hybridized carbons (Fsp3) is 0.267. The summed E-state index contributed by atoms with van der Waals surface area (Å²) < 4.78 is 0. The van der Waals surface area contributed by atoms with Gasteiger partial charge < -0.3 is 10.0 Å². The van der Waals surface area contributed by atoms with Crippen LogP contribution in [0.1, 0.15) is 15.3 Å². The standard InChI is InChI=1S/C15H17NO2S/c1-11-8-13(12(2)19-11)9-16(10-15(17)18)14-6-4-3-5-7-14/h3-8H,9-10H2,1-2H3,(H,17,18). The average Bonchev–Trinajstić information content (AvgIpc) is 2.67. The maximum atomic E-state index is 11.0. The Labute approximate surface area is 117 Å². The molecule has 0 bridgehead atoms. The van der Waals surface area contributed by atoms with Gasteiger partial charge >= 0.3 is 5.97 Å². The van der Waals surface area contributed by atoms with Crippen molar-refractivity contribution in [3.63, 3.8) is 0 Å². The van der Waals surface area contributed by atoms with E-state index in [1.807, 2.05) is 35.2 Å². The van der Waals surface area contributed by atoms with Crippen molar-refractivity contribution in [2.45, 2.75) is 20.4 Å². The minimum atomic E-state index is -0.812. The van der Waals surface area contributed by atoms with Gasteiger partial charge in [0.2, 0.25) is 0 Å². The molecule has 0 unspecified atom stereocenters. The Bertz CT molecular complexity index is 563. The summed E-state index contributed by atoms with van der Waals surface area (Å²) in [5.41, 5.74) is 2.14. The molecule has 2 aromatic rings. The van der Waals surface area contributed by atoms with Gasteiger partial charge in [0.1, 0.15) is 6.54 Å². The van der Waals surface area contributed by atoms with Crippen molar-refractivity contribution in [2.75, 3.05) is 11.4 Å². The van der Waals surface area contributed by atoms with E-state index in [2.05, 4.69) is 19.9 Å². The number of benzene rings is 1. The summed E-state index contributed by atoms with van der Waals surface area (Å²) >= 11 is 1.75. The quantitative estimate of drug-likeness (QED) is 0.908. The summed E-state index contributed by atoms with van der Waals surface area (Å²) in [5.74, 6) is -0.812. The van der Waals surface area contributed by atoms with Crippen LogP contribution in [0.2, 0.25) is 0 Å². The Hall–Kier alpha value is -1.81. The van der Waals surface area contributed by atoms with Crippen LogP contribution in [0.25, 0.3) is 0 Å². The largest absolute Gasteiger partial charge is 0.480 e. The zero-order valence-electron chi connectivity index (χ0n) is 11.1. The van der Waals surface area contributed by atoms with Crippen LogP contribution in [0.3, 0.4) is 0 Å². The van der Waals surface area contributed by atoms with Gasteiger partial charge in [0, 0.05) is 22.0 Å². The van der Waals surface area contributed by atoms with E-state index in [1.165, 1.54) is 15.3 Å². The van der Waals surface area contributed by atoms with Crippen LogP contribution >= 0.6 is 11.3 Å². The molecule has 0 aliphatic carbocycles. The molecule has 0 amide bonds. The molecule has 1 heterocycles. The highest BCUT2D eigenvalue weighted by Crippen LogP contribution is 2.24. The molecule has 1 N–H and O–H groups in total. The molecule has 0 spiro atoms. The summed E-state index contributed by atoms with van der Waals surface area (Å²) in [4.78, 5) is 15.4. The normalized spacial score (nSPS) is 10.4. The van der Waals surface area contributed by atoms with Crippen LogP contribution in [0.4, 0.5) is 5.69 Å². The Balaban J connectivity index is 2.24. The van der Waals surface area contributed by atoms with Crippen molar-refractivity contribution in [2.24, 2.45) is 0 Å². The van der Waals surface area contributed by atoms with Gasteiger partial charge in [0.15, 0.2) is 0 Å². The lowest BCUT2D eigenvalue weighted by Crippen LogP contribution is -2.29. The molecule has 0 aliphatic rings. The fourth-order valence-electron chi connectivity index (χ4n) is 2.09. The van der Waals surface area contributed by atoms with Gasteiger partial charge in [-0.3, -0.25) is 4.79 Å². The Morgan fingerprint density at radius 1 is 1.26 bits per heavy atom. The number of thiophene rings is 1. The van der Waals surface area contributed by atoms with E-state index in [-0.39, 0.29) is 6.54 Å². The highest BCUT2D eigenvalue weighted by atomic mass is 32.1. The first kappa shape index (κ1) is 13.6. The second kappa shape index (κ2) is 5.89. The van der Waals surface area contributed by atoms with Gasteiger partial charge in [-0.1, -0.05) is 18.2 Å². The van der Waals surface area contributed by atoms with E-state index in [9.17, 15) is 4.79 Å². The first-order valence-corrected chi connectivity index (χ1v) is 6.95. The maximum Gasteiger partial charge on any atom is 0.323 e. The fourth-order valence-corrected chi connectivity index (χ4v) is 3.03. The van der Waals surface area contributed by atoms with Gasteiger partial charge in [-0.2, -0.15) is 0 Å². The third kappa shape index (κ3) is 3.58. The summed E-state index contributed by atoms with van der Waals surface area (Å²) in [7, 11) is 0. The van der Waals surface area contributed by atoms with Crippen LogP contribution in [0, 0.1) is 13.8 Å². The van der Waals surface area contributed by atoms with Crippen LogP contribution < -0.4 is 4.90 Å². The number of hydrogen-bond donors (Lipinski definition) is 1. The van der Waals surface area contributed by atoms with E-state index in [1.54, 1.807) is 11.3 Å². The summed E-state index contributed by atoms with van der Waals surface area (Å²) in [6, 6.07) is 11.8. The number of hydrogen-bond acceptors (Lipinski definition) is 3. The van der Waals surface area contributed by atoms with Crippen LogP contribution in [-0.4, -0.2) is 17.6 Å². The summed E-state index contributed by atoms with van der Waals surface area (Å²) in [5, 5.41) is 9.06. The molecule has 3 nitrogen and oxygen atoms in total. The van der Waals surface area contributed by atoms with E-state index in [4.69, 9.17) is 5.11 Å². The molecule has 19 heavy (non-hydrogen) atoms. The first-order chi connectivity index (χ1) is 9.06. The van der Waals surface area contributed by atoms with Gasteiger partial charge in [-0.05, 0) is 37.6 Å². The van der Waals surface area contributed by atoms with Crippen molar-refractivity contribution in [1.82, 2.24) is 0 Å². The number of rotatable bonds is 5. The van der Waals surface area contributed by atoms with E-state index >= 15 is 0 Å². The number of aryl methyl sites for hydroxylation is 2. The molecular formula is C15H17NO2S. The number of nitrogens with zero attached hydrogens (tertiary/aromatic N) is 1. The molecule has 0 saturated heterocycles. The third-order valence-corrected chi connectivity index (χ3v) is 3.96. The molecular weight excluding hydrogens is 258 g/mol. The lowest BCUT2D eigenvalue weighted by atomic mass is 10.2. The molecule has 0 radical (unpaired) electrons. The number of anilines is 1. The topological polar surface area (TPSA) is 40.5 Å². The Kier molecular flexibility index (Phi) is 4.22. The van der Waals surface area contributed by atoms with Crippen molar-refractivity contribution in [3.8, 4) is 0 Å². The molecule has 100 valence electrons. The molecule has 0 saturated carbocycles. The second-order valence-corrected chi connectivity index (χ2v) is 5.98. The number of para-hydroxylation sites is 1. The van der Waals surface area contributed by atoms with Crippen molar-refractivity contribution in [1.29, 1.82) is 0 Å². The summed E-state index contributed by atoms with van der Waals surface area (Å²) in [6.07, 6.45) is 0. The Morgan fingerprint density at radius 2 is 1.95 bits per heavy atom. The highest BCUT2D eigenvalue weighted by Gasteiger charge is 2.13. The van der Waals surface area contributed by atoms with Crippen LogP contribution in [0.5, 0.6) is 0 Å². The third-order valence-electron chi connectivity index (χ3n) is 2.95. The molecule has 0 atom stereocenters. The van der Waals surface area contributed by atoms with Crippen LogP contribution in [-0.2, 0) is 11.3 Å². The van der Waals surface area contributed by atoms with Crippen molar-refractivity contribution in [3.05, 3.63) is 51.7 Å². The summed E-state index contributed by atoms with van der Waals surface area (Å²) in [6.45, 7) is 4.80. The molecule has 4 heteroatoms. The predicted octanol–water partition coefficient (Wildman–Crippen LogP) is 3.46. The Morgan fingerprint density at radius 3 is 2.47 bits per heavy atom. The van der Waals surface area contributed by atoms with Gasteiger partial charge in [0.05, 0.1) is 0 Å². The van der Waals surface area contributed by atoms with Gasteiger partial charge in [0.25, 0.3) is 0 Å². The molecule has 2 rings (SSSR count). The monoisotopic (exact) mass is 275 g/mol. The SMILES string of the molecule is Cc1cc(CN(CC(=O)O)c2ccccc2)c(C)s1. The van der Waals surface area contributed by atoms with E-state index < -0.39 is 5.97 Å². The highest BCUT2D eigenvalue weighted by molar-refractivity contribution is 7.12. The predicted molar refractivity (Wildman–Crippen MR) is 78.9 cm³/mol. The van der Waals surface area contributed by atoms with Crippen LogP contribution in [0.15, 0.2) is 36.4 Å². The van der Waals surface area contributed by atoms with Crippen molar-refractivity contribution < 1.29 is 9.90 Å². The van der Waals surface area contributed by atoms with Gasteiger partial charge in [-0.15, -0.1) is 11.3 Å². The van der Waals surface area contributed by atoms with E-state index in [0.717, 1.165) is 5.69 Å². The first-order valence-electron chi connectivity index (χ1n) is 6.14. The van der Waals surface area contributed by atoms with Gasteiger partial charge in [-0.25, -0.2) is 0 Å². The lowest BCUT2D eigenvalue weighted by molar-refractivity contribution is -0.135. The smallest absolute Gasteiger partial charge is 0.323 e. The average molecular weight is 275 g/mol. The number of carboxylic acids is 1. The maximum absolute atomic E-state index is 11.0.